The van der Waals surface area contributed by atoms with Gasteiger partial charge in [0.25, 0.3) is 5.56 Å². The van der Waals surface area contributed by atoms with Crippen LogP contribution in [0.25, 0.3) is 0 Å². The minimum atomic E-state index is -0.139. The Bertz CT molecular complexity index is 492. The second-order valence-electron chi connectivity index (χ2n) is 3.68. The highest BCUT2D eigenvalue weighted by molar-refractivity contribution is 7.07. The lowest BCUT2D eigenvalue weighted by molar-refractivity contribution is 0.785. The summed E-state index contributed by atoms with van der Waals surface area (Å²) in [6.45, 7) is 2.07. The zero-order valence-corrected chi connectivity index (χ0v) is 9.75. The van der Waals surface area contributed by atoms with Gasteiger partial charge in [-0.3, -0.25) is 4.79 Å². The number of thiophene rings is 1. The fourth-order valence-electron chi connectivity index (χ4n) is 1.51. The minimum absolute atomic E-state index is 0.139. The minimum Gasteiger partial charge on any atom is -0.367 e. The van der Waals surface area contributed by atoms with Crippen LogP contribution in [0, 0.1) is 0 Å². The van der Waals surface area contributed by atoms with Gasteiger partial charge in [0.2, 0.25) is 0 Å². The van der Waals surface area contributed by atoms with Gasteiger partial charge in [-0.2, -0.15) is 11.3 Å². The molecule has 2 heterocycles. The lowest BCUT2D eigenvalue weighted by atomic mass is 10.1. The maximum atomic E-state index is 11.1. The molecule has 0 aliphatic rings. The number of nitrogens with one attached hydrogen (secondary N) is 2. The third-order valence-corrected chi connectivity index (χ3v) is 2.93. The monoisotopic (exact) mass is 235 g/mol. The SMILES string of the molecule is CC(Cc1ccsc1)Nc1cc(=O)[nH]cn1. The van der Waals surface area contributed by atoms with E-state index in [2.05, 4.69) is 39.0 Å². The van der Waals surface area contributed by atoms with E-state index in [4.69, 9.17) is 0 Å². The number of rotatable bonds is 4. The van der Waals surface area contributed by atoms with Crippen molar-refractivity contribution in [1.82, 2.24) is 9.97 Å². The third kappa shape index (κ3) is 2.93. The van der Waals surface area contributed by atoms with Gasteiger partial charge in [0, 0.05) is 12.1 Å². The van der Waals surface area contributed by atoms with E-state index in [0.29, 0.717) is 5.82 Å². The zero-order chi connectivity index (χ0) is 11.4. The van der Waals surface area contributed by atoms with Gasteiger partial charge in [-0.05, 0) is 35.7 Å². The zero-order valence-electron chi connectivity index (χ0n) is 8.93. The first-order chi connectivity index (χ1) is 7.74. The van der Waals surface area contributed by atoms with Crippen LogP contribution in [0.15, 0.2) is 34.0 Å². The van der Waals surface area contributed by atoms with Gasteiger partial charge in [0.1, 0.15) is 5.82 Å². The van der Waals surface area contributed by atoms with Crippen LogP contribution in [0.1, 0.15) is 12.5 Å². The Labute approximate surface area is 97.4 Å². The van der Waals surface area contributed by atoms with Crippen molar-refractivity contribution in [2.45, 2.75) is 19.4 Å². The summed E-state index contributed by atoms with van der Waals surface area (Å²) in [6.07, 6.45) is 2.33. The maximum Gasteiger partial charge on any atom is 0.252 e. The van der Waals surface area contributed by atoms with E-state index in [0.717, 1.165) is 6.42 Å². The van der Waals surface area contributed by atoms with Crippen LogP contribution in [-0.2, 0) is 6.42 Å². The Morgan fingerprint density at radius 1 is 1.62 bits per heavy atom. The highest BCUT2D eigenvalue weighted by atomic mass is 32.1. The predicted octanol–water partition coefficient (Wildman–Crippen LogP) is 1.87. The number of anilines is 1. The van der Waals surface area contributed by atoms with Crippen molar-refractivity contribution < 1.29 is 0 Å². The third-order valence-electron chi connectivity index (χ3n) is 2.19. The first-order valence-electron chi connectivity index (χ1n) is 5.06. The topological polar surface area (TPSA) is 57.8 Å². The van der Waals surface area contributed by atoms with Crippen molar-refractivity contribution in [3.63, 3.8) is 0 Å². The number of aromatic nitrogens is 2. The van der Waals surface area contributed by atoms with Crippen molar-refractivity contribution in [3.05, 3.63) is 45.1 Å². The molecule has 0 saturated carbocycles. The first kappa shape index (κ1) is 10.9. The van der Waals surface area contributed by atoms with Crippen LogP contribution in [-0.4, -0.2) is 16.0 Å². The summed E-state index contributed by atoms with van der Waals surface area (Å²) in [5, 5.41) is 7.39. The molecule has 0 aromatic carbocycles. The highest BCUT2D eigenvalue weighted by Crippen LogP contribution is 2.10. The number of hydrogen-bond acceptors (Lipinski definition) is 4. The van der Waals surface area contributed by atoms with E-state index in [-0.39, 0.29) is 11.6 Å². The number of nitrogens with zero attached hydrogens (tertiary/aromatic N) is 1. The quantitative estimate of drug-likeness (QED) is 0.850. The summed E-state index contributed by atoms with van der Waals surface area (Å²) < 4.78 is 0. The molecule has 0 amide bonds. The van der Waals surface area contributed by atoms with Gasteiger partial charge < -0.3 is 10.3 Å². The number of hydrogen-bond donors (Lipinski definition) is 2. The lowest BCUT2D eigenvalue weighted by Crippen LogP contribution is -2.20. The smallest absolute Gasteiger partial charge is 0.252 e. The Kier molecular flexibility index (Phi) is 3.36. The fourth-order valence-corrected chi connectivity index (χ4v) is 2.19. The van der Waals surface area contributed by atoms with Crippen molar-refractivity contribution in [2.24, 2.45) is 0 Å². The van der Waals surface area contributed by atoms with Gasteiger partial charge in [0.05, 0.1) is 6.33 Å². The maximum absolute atomic E-state index is 11.1. The molecule has 0 radical (unpaired) electrons. The molecular formula is C11H13N3OS. The van der Waals surface area contributed by atoms with Gasteiger partial charge in [-0.1, -0.05) is 0 Å². The number of H-pyrrole nitrogens is 1. The molecule has 84 valence electrons. The van der Waals surface area contributed by atoms with E-state index in [1.54, 1.807) is 11.3 Å². The standard InChI is InChI=1S/C11H13N3OS/c1-8(4-9-2-3-16-6-9)14-10-5-11(15)13-7-12-10/h2-3,5-8H,4H2,1H3,(H2,12,13,14,15). The van der Waals surface area contributed by atoms with Crippen LogP contribution in [0.4, 0.5) is 5.82 Å². The molecule has 0 fully saturated rings. The largest absolute Gasteiger partial charge is 0.367 e. The lowest BCUT2D eigenvalue weighted by Gasteiger charge is -2.12. The molecular weight excluding hydrogens is 222 g/mol. The fraction of sp³-hybridized carbons (Fsp3) is 0.273. The highest BCUT2D eigenvalue weighted by Gasteiger charge is 2.04. The van der Waals surface area contributed by atoms with Crippen molar-refractivity contribution in [3.8, 4) is 0 Å². The Hall–Kier alpha value is -1.62. The molecule has 1 unspecified atom stereocenters. The Morgan fingerprint density at radius 3 is 3.19 bits per heavy atom. The molecule has 0 bridgehead atoms. The summed E-state index contributed by atoms with van der Waals surface area (Å²) in [5.74, 6) is 0.617. The molecule has 2 N–H and O–H groups in total. The molecule has 2 aromatic rings. The van der Waals surface area contributed by atoms with Crippen molar-refractivity contribution >= 4 is 17.2 Å². The molecule has 0 saturated heterocycles. The Balaban J connectivity index is 1.97. The molecule has 0 aliphatic heterocycles. The van der Waals surface area contributed by atoms with Crippen molar-refractivity contribution in [1.29, 1.82) is 0 Å². The second-order valence-corrected chi connectivity index (χ2v) is 4.46. The predicted molar refractivity (Wildman–Crippen MR) is 66.0 cm³/mol. The van der Waals surface area contributed by atoms with E-state index < -0.39 is 0 Å². The van der Waals surface area contributed by atoms with Crippen LogP contribution >= 0.6 is 11.3 Å². The summed E-state index contributed by atoms with van der Waals surface area (Å²) >= 11 is 1.69. The van der Waals surface area contributed by atoms with E-state index in [1.165, 1.54) is 18.0 Å². The van der Waals surface area contributed by atoms with E-state index in [9.17, 15) is 4.79 Å². The average Bonchev–Trinajstić information content (AvgIpc) is 2.70. The van der Waals surface area contributed by atoms with Crippen LogP contribution in [0.3, 0.4) is 0 Å². The molecule has 16 heavy (non-hydrogen) atoms. The van der Waals surface area contributed by atoms with E-state index in [1.807, 2.05) is 0 Å². The normalized spacial score (nSPS) is 12.3. The molecule has 0 aliphatic carbocycles. The summed E-state index contributed by atoms with van der Waals surface area (Å²) in [5.41, 5.74) is 1.16. The number of aromatic amines is 1. The molecule has 0 spiro atoms. The molecule has 2 aromatic heterocycles. The summed E-state index contributed by atoms with van der Waals surface area (Å²) in [4.78, 5) is 17.6. The van der Waals surface area contributed by atoms with Gasteiger partial charge >= 0.3 is 0 Å². The summed E-state index contributed by atoms with van der Waals surface area (Å²) in [7, 11) is 0. The van der Waals surface area contributed by atoms with Gasteiger partial charge in [-0.25, -0.2) is 4.98 Å². The van der Waals surface area contributed by atoms with Crippen LogP contribution < -0.4 is 10.9 Å². The van der Waals surface area contributed by atoms with E-state index >= 15 is 0 Å². The van der Waals surface area contributed by atoms with Gasteiger partial charge in [0.15, 0.2) is 0 Å². The van der Waals surface area contributed by atoms with Gasteiger partial charge in [-0.15, -0.1) is 0 Å². The van der Waals surface area contributed by atoms with Crippen LogP contribution in [0.5, 0.6) is 0 Å². The van der Waals surface area contributed by atoms with Crippen molar-refractivity contribution in [2.75, 3.05) is 5.32 Å². The molecule has 4 nitrogen and oxygen atoms in total. The molecule has 1 atom stereocenters. The molecule has 5 heteroatoms. The first-order valence-corrected chi connectivity index (χ1v) is 6.00. The average molecular weight is 235 g/mol. The molecule has 2 rings (SSSR count). The Morgan fingerprint density at radius 2 is 2.50 bits per heavy atom. The summed E-state index contributed by atoms with van der Waals surface area (Å²) in [6, 6.07) is 3.82. The second kappa shape index (κ2) is 4.94. The van der Waals surface area contributed by atoms with Crippen LogP contribution in [0.2, 0.25) is 0 Å².